The van der Waals surface area contributed by atoms with Gasteiger partial charge in [-0.1, -0.05) is 42.5 Å². The van der Waals surface area contributed by atoms with Crippen molar-refractivity contribution in [3.63, 3.8) is 0 Å². The van der Waals surface area contributed by atoms with Gasteiger partial charge in [-0.2, -0.15) is 0 Å². The van der Waals surface area contributed by atoms with Gasteiger partial charge in [0.15, 0.2) is 0 Å². The largest absolute Gasteiger partial charge is 0.0949 e. The Hall–Kier alpha value is -0.690. The highest BCUT2D eigenvalue weighted by molar-refractivity contribution is 8.03. The molecule has 1 rings (SSSR count). The molecule has 0 aliphatic carbocycles. The molecule has 1 aromatic carbocycles. The third-order valence-corrected chi connectivity index (χ3v) is 3.31. The van der Waals surface area contributed by atoms with Crippen LogP contribution >= 0.6 is 11.8 Å². The average molecular weight is 192 g/mol. The van der Waals surface area contributed by atoms with E-state index in [2.05, 4.69) is 51.1 Å². The fourth-order valence-electron chi connectivity index (χ4n) is 1.00. The molecule has 0 aromatic heterocycles. The Labute approximate surface area is 85.1 Å². The molecule has 0 spiro atoms. The molecule has 0 radical (unpaired) electrons. The zero-order valence-electron chi connectivity index (χ0n) is 8.50. The third-order valence-electron chi connectivity index (χ3n) is 2.15. The highest BCUT2D eigenvalue weighted by Gasteiger charge is 1.97. The van der Waals surface area contributed by atoms with E-state index in [-0.39, 0.29) is 0 Å². The summed E-state index contributed by atoms with van der Waals surface area (Å²) in [5.41, 5.74) is 1.48. The lowest BCUT2D eigenvalue weighted by atomic mass is 10.2. The zero-order chi connectivity index (χ0) is 9.68. The van der Waals surface area contributed by atoms with Crippen LogP contribution in [0.3, 0.4) is 0 Å². The molecule has 1 heteroatoms. The molecule has 0 bridgehead atoms. The Morgan fingerprint density at radius 2 is 1.77 bits per heavy atom. The van der Waals surface area contributed by atoms with Gasteiger partial charge < -0.3 is 0 Å². The fourth-order valence-corrected chi connectivity index (χ4v) is 1.97. The second-order valence-electron chi connectivity index (χ2n) is 3.11. The van der Waals surface area contributed by atoms with E-state index < -0.39 is 0 Å². The molecule has 0 saturated carbocycles. The van der Waals surface area contributed by atoms with Gasteiger partial charge in [-0.05, 0) is 37.3 Å². The van der Waals surface area contributed by atoms with Crippen molar-refractivity contribution in [2.75, 3.05) is 0 Å². The van der Waals surface area contributed by atoms with Crippen molar-refractivity contribution in [3.8, 4) is 0 Å². The van der Waals surface area contributed by atoms with Crippen molar-refractivity contribution in [2.45, 2.75) is 32.1 Å². The molecule has 0 unspecified atom stereocenters. The first kappa shape index (κ1) is 10.4. The van der Waals surface area contributed by atoms with Crippen LogP contribution in [0.5, 0.6) is 0 Å². The number of rotatable bonds is 3. The van der Waals surface area contributed by atoms with E-state index in [0.717, 1.165) is 6.42 Å². The molecule has 0 saturated heterocycles. The van der Waals surface area contributed by atoms with Gasteiger partial charge in [-0.15, -0.1) is 0 Å². The first-order valence-corrected chi connectivity index (χ1v) is 5.45. The van der Waals surface area contributed by atoms with Crippen molar-refractivity contribution < 1.29 is 0 Å². The van der Waals surface area contributed by atoms with E-state index in [0.29, 0.717) is 0 Å². The van der Waals surface area contributed by atoms with E-state index in [9.17, 15) is 0 Å². The van der Waals surface area contributed by atoms with Crippen molar-refractivity contribution in [2.24, 2.45) is 0 Å². The summed E-state index contributed by atoms with van der Waals surface area (Å²) in [6.45, 7) is 6.59. The molecular formula is C12H16S. The van der Waals surface area contributed by atoms with Crippen LogP contribution in [-0.4, -0.2) is 0 Å². The lowest BCUT2D eigenvalue weighted by molar-refractivity contribution is 1.08. The van der Waals surface area contributed by atoms with Gasteiger partial charge in [0.1, 0.15) is 0 Å². The molecule has 0 atom stereocenters. The number of hydrogen-bond donors (Lipinski definition) is 0. The van der Waals surface area contributed by atoms with Gasteiger partial charge in [0, 0.05) is 4.90 Å². The molecule has 13 heavy (non-hydrogen) atoms. The smallest absolute Gasteiger partial charge is 0.0118 e. The molecular weight excluding hydrogens is 176 g/mol. The van der Waals surface area contributed by atoms with Crippen molar-refractivity contribution in [3.05, 3.63) is 40.8 Å². The molecule has 0 N–H and O–H groups in total. The van der Waals surface area contributed by atoms with Crippen LogP contribution in [0.2, 0.25) is 0 Å². The summed E-state index contributed by atoms with van der Waals surface area (Å²) in [4.78, 5) is 2.75. The Kier molecular flexibility index (Phi) is 4.10. The Morgan fingerprint density at radius 3 is 2.31 bits per heavy atom. The van der Waals surface area contributed by atoms with Crippen LogP contribution in [0.25, 0.3) is 0 Å². The van der Waals surface area contributed by atoms with Crippen LogP contribution in [0.15, 0.2) is 45.7 Å². The van der Waals surface area contributed by atoms with Gasteiger partial charge in [-0.25, -0.2) is 0 Å². The highest BCUT2D eigenvalue weighted by Crippen LogP contribution is 2.28. The van der Waals surface area contributed by atoms with Crippen LogP contribution < -0.4 is 0 Å². The summed E-state index contributed by atoms with van der Waals surface area (Å²) in [7, 11) is 0. The van der Waals surface area contributed by atoms with Crippen LogP contribution in [0.4, 0.5) is 0 Å². The Morgan fingerprint density at radius 1 is 1.15 bits per heavy atom. The molecule has 70 valence electrons. The average Bonchev–Trinajstić information content (AvgIpc) is 2.18. The maximum Gasteiger partial charge on any atom is 0.0118 e. The minimum atomic E-state index is 1.14. The maximum atomic E-state index is 2.20. The van der Waals surface area contributed by atoms with Crippen LogP contribution in [-0.2, 0) is 0 Å². The van der Waals surface area contributed by atoms with Gasteiger partial charge in [0.25, 0.3) is 0 Å². The molecule has 0 amide bonds. The second-order valence-corrected chi connectivity index (χ2v) is 4.39. The molecule has 0 nitrogen and oxygen atoms in total. The van der Waals surface area contributed by atoms with Crippen molar-refractivity contribution in [1.29, 1.82) is 0 Å². The number of benzene rings is 1. The van der Waals surface area contributed by atoms with Crippen molar-refractivity contribution >= 4 is 11.8 Å². The molecule has 0 aliphatic rings. The van der Waals surface area contributed by atoms with Crippen LogP contribution in [0, 0.1) is 0 Å². The van der Waals surface area contributed by atoms with E-state index in [4.69, 9.17) is 0 Å². The lowest BCUT2D eigenvalue weighted by Gasteiger charge is -2.04. The summed E-state index contributed by atoms with van der Waals surface area (Å²) < 4.78 is 0. The summed E-state index contributed by atoms with van der Waals surface area (Å²) >= 11 is 1.86. The predicted octanol–water partition coefficient (Wildman–Crippen LogP) is 4.48. The van der Waals surface area contributed by atoms with Gasteiger partial charge in [-0.3, -0.25) is 0 Å². The molecule has 1 aromatic rings. The molecule has 0 aliphatic heterocycles. The number of allylic oxidation sites excluding steroid dienone is 2. The Balaban J connectivity index is 2.70. The van der Waals surface area contributed by atoms with Gasteiger partial charge >= 0.3 is 0 Å². The zero-order valence-corrected chi connectivity index (χ0v) is 9.32. The normalized spacial score (nSPS) is 12.5. The van der Waals surface area contributed by atoms with Gasteiger partial charge in [0.2, 0.25) is 0 Å². The molecule has 0 heterocycles. The van der Waals surface area contributed by atoms with E-state index in [1.807, 2.05) is 11.8 Å². The minimum Gasteiger partial charge on any atom is -0.0949 e. The summed E-state index contributed by atoms with van der Waals surface area (Å²) in [6.07, 6.45) is 1.14. The van der Waals surface area contributed by atoms with Crippen LogP contribution in [0.1, 0.15) is 27.2 Å². The fraction of sp³-hybridized carbons (Fsp3) is 0.333. The van der Waals surface area contributed by atoms with Gasteiger partial charge in [0.05, 0.1) is 0 Å². The first-order valence-electron chi connectivity index (χ1n) is 4.63. The number of thioether (sulfide) groups is 1. The van der Waals surface area contributed by atoms with Crippen molar-refractivity contribution in [1.82, 2.24) is 0 Å². The predicted molar refractivity (Wildman–Crippen MR) is 61.0 cm³/mol. The van der Waals surface area contributed by atoms with E-state index in [1.54, 1.807) is 0 Å². The minimum absolute atomic E-state index is 1.14. The maximum absolute atomic E-state index is 2.20. The second kappa shape index (κ2) is 5.13. The number of hydrogen-bond acceptors (Lipinski definition) is 1. The quantitative estimate of drug-likeness (QED) is 0.636. The summed E-state index contributed by atoms with van der Waals surface area (Å²) in [5.74, 6) is 0. The standard InChI is InChI=1S/C12H16S/c1-4-10(2)11(3)13-12-8-6-5-7-9-12/h5-9H,4H2,1-3H3. The lowest BCUT2D eigenvalue weighted by Crippen LogP contribution is -1.78. The Bertz CT molecular complexity index is 285. The monoisotopic (exact) mass is 192 g/mol. The summed E-state index contributed by atoms with van der Waals surface area (Å²) in [5, 5.41) is 0. The third kappa shape index (κ3) is 3.27. The SMILES string of the molecule is CCC(C)=C(C)Sc1ccccc1. The molecule has 0 fully saturated rings. The first-order chi connectivity index (χ1) is 6.24. The highest BCUT2D eigenvalue weighted by atomic mass is 32.2. The summed E-state index contributed by atoms with van der Waals surface area (Å²) in [6, 6.07) is 10.5. The van der Waals surface area contributed by atoms with E-state index in [1.165, 1.54) is 15.4 Å². The van der Waals surface area contributed by atoms with E-state index >= 15 is 0 Å². The topological polar surface area (TPSA) is 0 Å².